The molecule has 0 fully saturated rings. The molecule has 0 bridgehead atoms. The molecule has 2 aromatic rings. The number of halogens is 1. The smallest absolute Gasteiger partial charge is 0.306 e. The van der Waals surface area contributed by atoms with E-state index in [-0.39, 0.29) is 11.4 Å². The maximum absolute atomic E-state index is 12.2. The molecule has 1 aromatic heterocycles. The van der Waals surface area contributed by atoms with Gasteiger partial charge in [0.15, 0.2) is 6.10 Å². The van der Waals surface area contributed by atoms with Crippen LogP contribution in [0.5, 0.6) is 0 Å². The van der Waals surface area contributed by atoms with Crippen LogP contribution < -0.4 is 5.32 Å². The van der Waals surface area contributed by atoms with Crippen molar-refractivity contribution in [1.82, 2.24) is 9.78 Å². The van der Waals surface area contributed by atoms with Crippen molar-refractivity contribution in [3.63, 3.8) is 0 Å². The Morgan fingerprint density at radius 2 is 2.11 bits per heavy atom. The molecule has 1 N–H and O–H groups in total. The van der Waals surface area contributed by atoms with Crippen molar-refractivity contribution in [2.75, 3.05) is 5.32 Å². The van der Waals surface area contributed by atoms with Crippen LogP contribution in [-0.4, -0.2) is 27.8 Å². The van der Waals surface area contributed by atoms with E-state index in [0.717, 1.165) is 17.0 Å². The highest BCUT2D eigenvalue weighted by atomic mass is 35.5. The molecule has 1 amide bonds. The van der Waals surface area contributed by atoms with Gasteiger partial charge in [0.1, 0.15) is 6.07 Å². The Kier molecular flexibility index (Phi) is 6.59. The van der Waals surface area contributed by atoms with E-state index in [1.54, 1.807) is 10.7 Å². The van der Waals surface area contributed by atoms with Crippen LogP contribution in [0, 0.1) is 25.2 Å². The van der Waals surface area contributed by atoms with Gasteiger partial charge in [-0.15, -0.1) is 0 Å². The number of nitriles is 1. The van der Waals surface area contributed by atoms with E-state index >= 15 is 0 Å². The number of ether oxygens (including phenoxy) is 1. The molecule has 0 spiro atoms. The minimum absolute atomic E-state index is 0.160. The first-order valence-corrected chi connectivity index (χ1v) is 8.79. The van der Waals surface area contributed by atoms with Crippen molar-refractivity contribution in [3.05, 3.63) is 45.7 Å². The maximum Gasteiger partial charge on any atom is 0.306 e. The van der Waals surface area contributed by atoms with Crippen LogP contribution in [0.15, 0.2) is 18.2 Å². The van der Waals surface area contributed by atoms with Gasteiger partial charge in [0, 0.05) is 24.8 Å². The number of nitrogens with one attached hydrogen (secondary N) is 1. The molecule has 27 heavy (non-hydrogen) atoms. The number of nitrogens with zero attached hydrogens (tertiary/aromatic N) is 3. The summed E-state index contributed by atoms with van der Waals surface area (Å²) in [6.45, 7) is 5.34. The molecule has 0 aliphatic rings. The predicted molar refractivity (Wildman–Crippen MR) is 101 cm³/mol. The van der Waals surface area contributed by atoms with Crippen LogP contribution in [0.3, 0.4) is 0 Å². The molecule has 0 radical (unpaired) electrons. The summed E-state index contributed by atoms with van der Waals surface area (Å²) in [6, 6.07) is 6.48. The first-order valence-electron chi connectivity index (χ1n) is 8.42. The number of carbonyl (C=O) groups is 2. The predicted octanol–water partition coefficient (Wildman–Crippen LogP) is 3.07. The van der Waals surface area contributed by atoms with Crippen molar-refractivity contribution >= 4 is 29.2 Å². The summed E-state index contributed by atoms with van der Waals surface area (Å²) < 4.78 is 6.98. The molecule has 2 rings (SSSR count). The lowest BCUT2D eigenvalue weighted by atomic mass is 10.1. The fourth-order valence-electron chi connectivity index (χ4n) is 2.64. The number of aromatic nitrogens is 2. The van der Waals surface area contributed by atoms with Gasteiger partial charge in [0.2, 0.25) is 0 Å². The van der Waals surface area contributed by atoms with Crippen LogP contribution >= 0.6 is 11.6 Å². The van der Waals surface area contributed by atoms with E-state index in [0.29, 0.717) is 17.7 Å². The van der Waals surface area contributed by atoms with E-state index in [1.165, 1.54) is 19.1 Å². The highest BCUT2D eigenvalue weighted by molar-refractivity contribution is 6.32. The standard InChI is InChI=1S/C19H21ClN4O3/c1-11-16(12(2)24(4)23-11)7-8-18(25)27-13(3)19(26)22-15-6-5-14(10-21)17(20)9-15/h5-6,9,13H,7-8H2,1-4H3,(H,22,26). The normalized spacial score (nSPS) is 11.6. The van der Waals surface area contributed by atoms with Gasteiger partial charge in [-0.05, 0) is 51.0 Å². The van der Waals surface area contributed by atoms with Crippen molar-refractivity contribution < 1.29 is 14.3 Å². The molecule has 1 aromatic carbocycles. The number of carbonyl (C=O) groups excluding carboxylic acids is 2. The molecular weight excluding hydrogens is 368 g/mol. The monoisotopic (exact) mass is 388 g/mol. The Balaban J connectivity index is 1.89. The molecule has 0 saturated carbocycles. The SMILES string of the molecule is Cc1nn(C)c(C)c1CCC(=O)OC(C)C(=O)Nc1ccc(C#N)c(Cl)c1. The van der Waals surface area contributed by atoms with Gasteiger partial charge in [0.25, 0.3) is 5.91 Å². The van der Waals surface area contributed by atoms with Gasteiger partial charge in [0.05, 0.1) is 16.3 Å². The number of rotatable bonds is 6. The van der Waals surface area contributed by atoms with E-state index in [1.807, 2.05) is 27.0 Å². The third kappa shape index (κ3) is 5.08. The summed E-state index contributed by atoms with van der Waals surface area (Å²) in [5, 5.41) is 16.0. The van der Waals surface area contributed by atoms with Crippen LogP contribution in [0.2, 0.25) is 5.02 Å². The zero-order valence-corrected chi connectivity index (χ0v) is 16.4. The average Bonchev–Trinajstić information content (AvgIpc) is 2.85. The van der Waals surface area contributed by atoms with E-state index < -0.39 is 18.0 Å². The third-order valence-electron chi connectivity index (χ3n) is 4.27. The summed E-state index contributed by atoms with van der Waals surface area (Å²) in [6.07, 6.45) is -0.291. The fraction of sp³-hybridized carbons (Fsp3) is 0.368. The van der Waals surface area contributed by atoms with E-state index in [4.69, 9.17) is 21.6 Å². The van der Waals surface area contributed by atoms with E-state index in [9.17, 15) is 9.59 Å². The molecule has 0 aliphatic heterocycles. The molecule has 1 unspecified atom stereocenters. The molecule has 1 atom stereocenters. The fourth-order valence-corrected chi connectivity index (χ4v) is 2.87. The Labute approximate surface area is 162 Å². The topological polar surface area (TPSA) is 97.0 Å². The Bertz CT molecular complexity index is 914. The summed E-state index contributed by atoms with van der Waals surface area (Å²) >= 11 is 5.94. The molecular formula is C19H21ClN4O3. The first kappa shape index (κ1) is 20.5. The molecule has 7 nitrogen and oxygen atoms in total. The zero-order chi connectivity index (χ0) is 20.1. The molecule has 142 valence electrons. The van der Waals surface area contributed by atoms with Gasteiger partial charge in [-0.3, -0.25) is 14.3 Å². The summed E-state index contributed by atoms with van der Waals surface area (Å²) in [5.41, 5.74) is 3.64. The number of hydrogen-bond acceptors (Lipinski definition) is 5. The minimum atomic E-state index is -0.956. The second-order valence-corrected chi connectivity index (χ2v) is 6.61. The lowest BCUT2D eigenvalue weighted by Crippen LogP contribution is -2.30. The lowest BCUT2D eigenvalue weighted by Gasteiger charge is -2.14. The lowest BCUT2D eigenvalue weighted by molar-refractivity contribution is -0.153. The van der Waals surface area contributed by atoms with Gasteiger partial charge in [-0.1, -0.05) is 11.6 Å². The summed E-state index contributed by atoms with van der Waals surface area (Å²) in [7, 11) is 1.85. The van der Waals surface area contributed by atoms with Crippen LogP contribution in [0.4, 0.5) is 5.69 Å². The largest absolute Gasteiger partial charge is 0.453 e. The second kappa shape index (κ2) is 8.69. The van der Waals surface area contributed by atoms with Gasteiger partial charge in [-0.25, -0.2) is 0 Å². The minimum Gasteiger partial charge on any atom is -0.453 e. The molecule has 1 heterocycles. The number of hydrogen-bond donors (Lipinski definition) is 1. The Hall–Kier alpha value is -2.85. The third-order valence-corrected chi connectivity index (χ3v) is 4.59. The average molecular weight is 389 g/mol. The highest BCUT2D eigenvalue weighted by Crippen LogP contribution is 2.20. The van der Waals surface area contributed by atoms with Crippen molar-refractivity contribution in [2.24, 2.45) is 7.05 Å². The summed E-state index contributed by atoms with van der Waals surface area (Å²) in [5.74, 6) is -0.934. The Morgan fingerprint density at radius 3 is 2.67 bits per heavy atom. The van der Waals surface area contributed by atoms with Crippen molar-refractivity contribution in [1.29, 1.82) is 5.26 Å². The van der Waals surface area contributed by atoms with Gasteiger partial charge in [-0.2, -0.15) is 10.4 Å². The quantitative estimate of drug-likeness (QED) is 0.767. The molecule has 0 saturated heterocycles. The van der Waals surface area contributed by atoms with Gasteiger partial charge >= 0.3 is 5.97 Å². The molecule has 8 heteroatoms. The number of anilines is 1. The number of amides is 1. The first-order chi connectivity index (χ1) is 12.7. The molecule has 0 aliphatic carbocycles. The highest BCUT2D eigenvalue weighted by Gasteiger charge is 2.19. The van der Waals surface area contributed by atoms with E-state index in [2.05, 4.69) is 10.4 Å². The Morgan fingerprint density at radius 1 is 1.41 bits per heavy atom. The van der Waals surface area contributed by atoms with Crippen LogP contribution in [0.25, 0.3) is 0 Å². The van der Waals surface area contributed by atoms with Gasteiger partial charge < -0.3 is 10.1 Å². The second-order valence-electron chi connectivity index (χ2n) is 6.20. The zero-order valence-electron chi connectivity index (χ0n) is 15.7. The van der Waals surface area contributed by atoms with Crippen LogP contribution in [0.1, 0.15) is 35.9 Å². The summed E-state index contributed by atoms with van der Waals surface area (Å²) in [4.78, 5) is 24.3. The number of aryl methyl sites for hydroxylation is 2. The number of benzene rings is 1. The van der Waals surface area contributed by atoms with Crippen LogP contribution in [-0.2, 0) is 27.8 Å². The number of esters is 1. The maximum atomic E-state index is 12.2. The van der Waals surface area contributed by atoms with Crippen molar-refractivity contribution in [2.45, 2.75) is 39.7 Å². The van der Waals surface area contributed by atoms with Crippen molar-refractivity contribution in [3.8, 4) is 6.07 Å².